The molecule has 0 amide bonds. The zero-order valence-corrected chi connectivity index (χ0v) is 13.3. The Morgan fingerprint density at radius 3 is 2.84 bits per heavy atom. The standard InChI is InChI=1S/C12H22N2O3S2/c1-4-13-9-11-8-12(18-10-11)19(15,16)14(2)6-5-7-17-3/h8,10,13H,4-7,9H2,1-3H3. The van der Waals surface area contributed by atoms with E-state index < -0.39 is 10.0 Å². The Morgan fingerprint density at radius 2 is 2.21 bits per heavy atom. The molecule has 0 saturated carbocycles. The van der Waals surface area contributed by atoms with Crippen molar-refractivity contribution in [2.45, 2.75) is 24.1 Å². The zero-order valence-electron chi connectivity index (χ0n) is 11.7. The second kappa shape index (κ2) is 7.96. The Balaban J connectivity index is 2.68. The van der Waals surface area contributed by atoms with Crippen molar-refractivity contribution in [3.63, 3.8) is 0 Å². The third kappa shape index (κ3) is 4.85. The van der Waals surface area contributed by atoms with Crippen LogP contribution in [0.1, 0.15) is 18.9 Å². The number of hydrogen-bond donors (Lipinski definition) is 1. The number of nitrogens with one attached hydrogen (secondary N) is 1. The van der Waals surface area contributed by atoms with Crippen LogP contribution < -0.4 is 5.32 Å². The van der Waals surface area contributed by atoms with Crippen molar-refractivity contribution in [3.05, 3.63) is 17.0 Å². The number of methoxy groups -OCH3 is 1. The minimum absolute atomic E-state index is 0.403. The van der Waals surface area contributed by atoms with Crippen molar-refractivity contribution < 1.29 is 13.2 Å². The van der Waals surface area contributed by atoms with Gasteiger partial charge >= 0.3 is 0 Å². The van der Waals surface area contributed by atoms with Gasteiger partial charge in [-0.05, 0) is 30.0 Å². The second-order valence-electron chi connectivity index (χ2n) is 4.23. The molecule has 0 unspecified atom stereocenters. The van der Waals surface area contributed by atoms with E-state index in [9.17, 15) is 8.42 Å². The highest BCUT2D eigenvalue weighted by Gasteiger charge is 2.22. The van der Waals surface area contributed by atoms with Gasteiger partial charge in [0.15, 0.2) is 0 Å². The predicted octanol–water partition coefficient (Wildman–Crippen LogP) is 1.51. The maximum absolute atomic E-state index is 12.3. The molecular formula is C12H22N2O3S2. The Labute approximate surface area is 119 Å². The Kier molecular flexibility index (Phi) is 6.95. The zero-order chi connectivity index (χ0) is 14.3. The Hall–Kier alpha value is -0.470. The molecule has 0 radical (unpaired) electrons. The van der Waals surface area contributed by atoms with Crippen LogP contribution >= 0.6 is 11.3 Å². The van der Waals surface area contributed by atoms with Crippen LogP contribution in [-0.4, -0.2) is 46.6 Å². The fourth-order valence-corrected chi connectivity index (χ4v) is 4.18. The van der Waals surface area contributed by atoms with Gasteiger partial charge in [0.2, 0.25) is 0 Å². The van der Waals surface area contributed by atoms with Crippen molar-refractivity contribution in [3.8, 4) is 0 Å². The van der Waals surface area contributed by atoms with E-state index >= 15 is 0 Å². The van der Waals surface area contributed by atoms with Crippen molar-refractivity contribution in [1.82, 2.24) is 9.62 Å². The highest BCUT2D eigenvalue weighted by molar-refractivity contribution is 7.91. The molecule has 0 aromatic carbocycles. The number of sulfonamides is 1. The molecule has 1 N–H and O–H groups in total. The molecule has 0 aliphatic rings. The molecular weight excluding hydrogens is 284 g/mol. The van der Waals surface area contributed by atoms with E-state index in [0.717, 1.165) is 12.1 Å². The lowest BCUT2D eigenvalue weighted by molar-refractivity contribution is 0.189. The van der Waals surface area contributed by atoms with E-state index in [0.29, 0.717) is 30.3 Å². The predicted molar refractivity (Wildman–Crippen MR) is 78.0 cm³/mol. The fourth-order valence-electron chi connectivity index (χ4n) is 1.56. The number of ether oxygens (including phenoxy) is 1. The summed E-state index contributed by atoms with van der Waals surface area (Å²) in [7, 11) is -0.137. The summed E-state index contributed by atoms with van der Waals surface area (Å²) >= 11 is 1.27. The first-order valence-corrected chi connectivity index (χ1v) is 8.57. The molecule has 0 atom stereocenters. The third-order valence-electron chi connectivity index (χ3n) is 2.69. The van der Waals surface area contributed by atoms with E-state index in [-0.39, 0.29) is 0 Å². The van der Waals surface area contributed by atoms with E-state index in [1.54, 1.807) is 20.2 Å². The maximum Gasteiger partial charge on any atom is 0.252 e. The van der Waals surface area contributed by atoms with E-state index in [4.69, 9.17) is 4.74 Å². The van der Waals surface area contributed by atoms with Gasteiger partial charge in [-0.15, -0.1) is 11.3 Å². The quantitative estimate of drug-likeness (QED) is 0.703. The van der Waals surface area contributed by atoms with Gasteiger partial charge in [0, 0.05) is 33.9 Å². The molecule has 19 heavy (non-hydrogen) atoms. The molecule has 0 spiro atoms. The number of thiophene rings is 1. The van der Waals surface area contributed by atoms with Gasteiger partial charge in [-0.2, -0.15) is 0 Å². The second-order valence-corrected chi connectivity index (χ2v) is 7.41. The number of hydrogen-bond acceptors (Lipinski definition) is 5. The van der Waals surface area contributed by atoms with Crippen LogP contribution in [0, 0.1) is 0 Å². The van der Waals surface area contributed by atoms with Crippen LogP contribution in [0.3, 0.4) is 0 Å². The summed E-state index contributed by atoms with van der Waals surface area (Å²) in [6, 6.07) is 1.75. The normalized spacial score (nSPS) is 12.2. The summed E-state index contributed by atoms with van der Waals surface area (Å²) in [6.07, 6.45) is 0.696. The summed E-state index contributed by atoms with van der Waals surface area (Å²) in [5, 5.41) is 5.07. The van der Waals surface area contributed by atoms with Crippen LogP contribution in [0.4, 0.5) is 0 Å². The Bertz CT molecular complexity index is 471. The molecule has 1 aromatic heterocycles. The van der Waals surface area contributed by atoms with Crippen molar-refractivity contribution in [2.75, 3.05) is 33.9 Å². The highest BCUT2D eigenvalue weighted by atomic mass is 32.2. The third-order valence-corrected chi connectivity index (χ3v) is 6.02. The first-order valence-electron chi connectivity index (χ1n) is 6.25. The lowest BCUT2D eigenvalue weighted by Gasteiger charge is -2.15. The van der Waals surface area contributed by atoms with Crippen molar-refractivity contribution in [2.24, 2.45) is 0 Å². The first kappa shape index (κ1) is 16.6. The molecule has 0 saturated heterocycles. The molecule has 7 heteroatoms. The van der Waals surface area contributed by atoms with E-state index in [1.807, 2.05) is 12.3 Å². The van der Waals surface area contributed by atoms with Gasteiger partial charge in [0.25, 0.3) is 10.0 Å². The van der Waals surface area contributed by atoms with Crippen molar-refractivity contribution >= 4 is 21.4 Å². The molecule has 0 bridgehead atoms. The van der Waals surface area contributed by atoms with Gasteiger partial charge in [0.05, 0.1) is 0 Å². The van der Waals surface area contributed by atoms with E-state index in [1.165, 1.54) is 15.6 Å². The molecule has 1 rings (SSSR count). The van der Waals surface area contributed by atoms with Crippen LogP contribution in [0.25, 0.3) is 0 Å². The van der Waals surface area contributed by atoms with Crippen LogP contribution in [0.5, 0.6) is 0 Å². The summed E-state index contributed by atoms with van der Waals surface area (Å²) in [6.45, 7) is 4.63. The average molecular weight is 306 g/mol. The SMILES string of the molecule is CCNCc1csc(S(=O)(=O)N(C)CCCOC)c1. The first-order chi connectivity index (χ1) is 9.02. The molecule has 5 nitrogen and oxygen atoms in total. The van der Waals surface area contributed by atoms with E-state index in [2.05, 4.69) is 5.32 Å². The number of nitrogens with zero attached hydrogens (tertiary/aromatic N) is 1. The van der Waals surface area contributed by atoms with Gasteiger partial charge in [-0.1, -0.05) is 6.92 Å². The molecule has 1 heterocycles. The van der Waals surface area contributed by atoms with Gasteiger partial charge in [-0.25, -0.2) is 12.7 Å². The monoisotopic (exact) mass is 306 g/mol. The smallest absolute Gasteiger partial charge is 0.252 e. The van der Waals surface area contributed by atoms with Crippen LogP contribution in [-0.2, 0) is 21.3 Å². The minimum atomic E-state index is -3.36. The lowest BCUT2D eigenvalue weighted by Crippen LogP contribution is -2.28. The number of rotatable bonds is 9. The summed E-state index contributed by atoms with van der Waals surface area (Å²) < 4.78 is 31.3. The highest BCUT2D eigenvalue weighted by Crippen LogP contribution is 2.23. The van der Waals surface area contributed by atoms with Gasteiger partial charge in [-0.3, -0.25) is 0 Å². The average Bonchev–Trinajstić information content (AvgIpc) is 2.85. The largest absolute Gasteiger partial charge is 0.385 e. The molecule has 0 aliphatic carbocycles. The minimum Gasteiger partial charge on any atom is -0.385 e. The fraction of sp³-hybridized carbons (Fsp3) is 0.667. The Morgan fingerprint density at radius 1 is 1.47 bits per heavy atom. The topological polar surface area (TPSA) is 58.6 Å². The van der Waals surface area contributed by atoms with Crippen LogP contribution in [0.15, 0.2) is 15.7 Å². The maximum atomic E-state index is 12.3. The summed E-state index contributed by atoms with van der Waals surface area (Å²) in [4.78, 5) is 0. The van der Waals surface area contributed by atoms with Crippen LogP contribution in [0.2, 0.25) is 0 Å². The lowest BCUT2D eigenvalue weighted by atomic mass is 10.3. The molecule has 0 fully saturated rings. The van der Waals surface area contributed by atoms with Gasteiger partial charge in [0.1, 0.15) is 4.21 Å². The molecule has 110 valence electrons. The van der Waals surface area contributed by atoms with Gasteiger partial charge < -0.3 is 10.1 Å². The molecule has 1 aromatic rings. The van der Waals surface area contributed by atoms with Crippen molar-refractivity contribution in [1.29, 1.82) is 0 Å². The summed E-state index contributed by atoms with van der Waals surface area (Å²) in [5.74, 6) is 0. The molecule has 0 aliphatic heterocycles. The summed E-state index contributed by atoms with van der Waals surface area (Å²) in [5.41, 5.74) is 1.01.